The molecule has 0 spiro atoms. The molecule has 5 nitrogen and oxygen atoms in total. The highest BCUT2D eigenvalue weighted by Gasteiger charge is 2.25. The molecule has 1 aliphatic rings. The molecule has 0 atom stereocenters. The van der Waals surface area contributed by atoms with E-state index in [1.54, 1.807) is 36.8 Å². The molecule has 1 aromatic carbocycles. The second kappa shape index (κ2) is 8.93. The molecular weight excluding hydrogens is 360 g/mol. The van der Waals surface area contributed by atoms with Gasteiger partial charge in [0.25, 0.3) is 11.7 Å². The van der Waals surface area contributed by atoms with Gasteiger partial charge in [0.15, 0.2) is 0 Å². The number of nitrogens with one attached hydrogen (secondary N) is 1. The van der Waals surface area contributed by atoms with E-state index in [1.165, 1.54) is 6.07 Å². The number of hydrogen-bond acceptors (Lipinski definition) is 5. The summed E-state index contributed by atoms with van der Waals surface area (Å²) in [4.78, 5) is 20.8. The van der Waals surface area contributed by atoms with Crippen molar-refractivity contribution in [1.82, 2.24) is 15.3 Å². The van der Waals surface area contributed by atoms with Gasteiger partial charge in [0.1, 0.15) is 6.10 Å². The molecule has 1 fully saturated rings. The van der Waals surface area contributed by atoms with Gasteiger partial charge in [-0.25, -0.2) is 4.98 Å². The first kappa shape index (κ1) is 18.6. The number of halogens is 2. The summed E-state index contributed by atoms with van der Waals surface area (Å²) in [5.74, 6) is -2.37. The van der Waals surface area contributed by atoms with Gasteiger partial charge in [0, 0.05) is 23.3 Å². The summed E-state index contributed by atoms with van der Waals surface area (Å²) in [6.45, 7) is 0. The van der Waals surface area contributed by atoms with Crippen molar-refractivity contribution in [3.63, 3.8) is 0 Å². The number of rotatable bonds is 6. The monoisotopic (exact) mass is 379 g/mol. The zero-order valence-corrected chi connectivity index (χ0v) is 14.8. The highest BCUT2D eigenvalue weighted by atomic mass is 32.2. The number of aromatic nitrogens is 2. The number of thioether (sulfide) groups is 1. The molecule has 138 valence electrons. The van der Waals surface area contributed by atoms with Crippen LogP contribution in [0.2, 0.25) is 0 Å². The third-order valence-corrected chi connectivity index (χ3v) is 4.97. The Bertz CT molecular complexity index is 725. The molecule has 1 heterocycles. The summed E-state index contributed by atoms with van der Waals surface area (Å²) < 4.78 is 31.1. The Morgan fingerprint density at radius 3 is 2.65 bits per heavy atom. The first-order valence-corrected chi connectivity index (χ1v) is 9.27. The average Bonchev–Trinajstić information content (AvgIpc) is 2.64. The number of benzene rings is 1. The highest BCUT2D eigenvalue weighted by molar-refractivity contribution is 7.99. The quantitative estimate of drug-likeness (QED) is 0.771. The lowest BCUT2D eigenvalue weighted by Crippen LogP contribution is -2.39. The van der Waals surface area contributed by atoms with Crippen LogP contribution in [0.4, 0.5) is 8.78 Å². The summed E-state index contributed by atoms with van der Waals surface area (Å²) >= 11 is 0.390. The number of carbonyl (C=O) groups excluding carboxylic acids is 1. The fourth-order valence-corrected chi connectivity index (χ4v) is 3.59. The summed E-state index contributed by atoms with van der Waals surface area (Å²) in [5, 5.41) is 2.95. The molecule has 1 aliphatic carbocycles. The van der Waals surface area contributed by atoms with E-state index in [4.69, 9.17) is 4.74 Å². The molecule has 1 saturated carbocycles. The maximum atomic E-state index is 12.7. The maximum Gasteiger partial charge on any atom is 0.288 e. The van der Waals surface area contributed by atoms with Gasteiger partial charge < -0.3 is 10.1 Å². The van der Waals surface area contributed by atoms with Crippen molar-refractivity contribution in [3.8, 4) is 5.88 Å². The molecule has 1 aromatic heterocycles. The van der Waals surface area contributed by atoms with E-state index in [1.807, 2.05) is 0 Å². The van der Waals surface area contributed by atoms with Crippen molar-refractivity contribution in [2.24, 2.45) is 0 Å². The van der Waals surface area contributed by atoms with Gasteiger partial charge in [-0.05, 0) is 37.8 Å². The Morgan fingerprint density at radius 1 is 1.19 bits per heavy atom. The van der Waals surface area contributed by atoms with Crippen molar-refractivity contribution >= 4 is 17.7 Å². The molecule has 1 amide bonds. The van der Waals surface area contributed by atoms with Gasteiger partial charge in [0.05, 0.1) is 11.8 Å². The minimum absolute atomic E-state index is 0.00816. The minimum Gasteiger partial charge on any atom is -0.473 e. The molecule has 2 aromatic rings. The van der Waals surface area contributed by atoms with Crippen LogP contribution < -0.4 is 10.1 Å². The number of ether oxygens (including phenoxy) is 1. The van der Waals surface area contributed by atoms with E-state index in [0.29, 0.717) is 22.5 Å². The molecule has 26 heavy (non-hydrogen) atoms. The van der Waals surface area contributed by atoms with Gasteiger partial charge in [0.2, 0.25) is 5.88 Å². The molecule has 0 unspecified atom stereocenters. The van der Waals surface area contributed by atoms with Crippen LogP contribution in [0, 0.1) is 0 Å². The summed E-state index contributed by atoms with van der Waals surface area (Å²) in [6.07, 6.45) is 7.89. The Hall–Kier alpha value is -2.22. The standard InChI is InChI=1S/C18H19F2N3O2S/c19-18(20)26-15-4-2-1-3-14(15)17(24)23-12-5-7-13(8-6-12)25-16-11-21-9-10-22-16/h1-4,9-13,18H,5-8H2,(H,23,24). The third kappa shape index (κ3) is 5.14. The zero-order chi connectivity index (χ0) is 18.4. The Balaban J connectivity index is 1.52. The maximum absolute atomic E-state index is 12.7. The molecular formula is C18H19F2N3O2S. The van der Waals surface area contributed by atoms with Crippen LogP contribution in [0.15, 0.2) is 47.8 Å². The number of alkyl halides is 2. The predicted molar refractivity (Wildman–Crippen MR) is 94.5 cm³/mol. The second-order valence-electron chi connectivity index (χ2n) is 5.98. The second-order valence-corrected chi connectivity index (χ2v) is 7.02. The van der Waals surface area contributed by atoms with Crippen molar-refractivity contribution in [3.05, 3.63) is 48.4 Å². The normalized spacial score (nSPS) is 20.0. The Kier molecular flexibility index (Phi) is 6.38. The predicted octanol–water partition coefficient (Wildman–Crippen LogP) is 3.91. The Labute approximate surface area is 154 Å². The summed E-state index contributed by atoms with van der Waals surface area (Å²) in [6, 6.07) is 6.45. The van der Waals surface area contributed by atoms with Crippen LogP contribution in [-0.2, 0) is 0 Å². The van der Waals surface area contributed by atoms with Crippen molar-refractivity contribution < 1.29 is 18.3 Å². The number of nitrogens with zero attached hydrogens (tertiary/aromatic N) is 2. The molecule has 3 rings (SSSR count). The van der Waals surface area contributed by atoms with Crippen LogP contribution in [0.1, 0.15) is 36.0 Å². The smallest absolute Gasteiger partial charge is 0.288 e. The molecule has 0 bridgehead atoms. The van der Waals surface area contributed by atoms with E-state index in [9.17, 15) is 13.6 Å². The lowest BCUT2D eigenvalue weighted by Gasteiger charge is -2.29. The molecule has 8 heteroatoms. The first-order chi connectivity index (χ1) is 12.6. The summed E-state index contributed by atoms with van der Waals surface area (Å²) in [7, 11) is 0. The van der Waals surface area contributed by atoms with Crippen LogP contribution in [0.25, 0.3) is 0 Å². The lowest BCUT2D eigenvalue weighted by molar-refractivity contribution is 0.0887. The SMILES string of the molecule is O=C(NC1CCC(Oc2cnccn2)CC1)c1ccccc1SC(F)F. The van der Waals surface area contributed by atoms with Crippen molar-refractivity contribution in [1.29, 1.82) is 0 Å². The third-order valence-electron chi connectivity index (χ3n) is 4.18. The Morgan fingerprint density at radius 2 is 1.96 bits per heavy atom. The number of hydrogen-bond donors (Lipinski definition) is 1. The lowest BCUT2D eigenvalue weighted by atomic mass is 9.92. The van der Waals surface area contributed by atoms with Crippen LogP contribution in [0.5, 0.6) is 5.88 Å². The number of carbonyl (C=O) groups is 1. The van der Waals surface area contributed by atoms with Gasteiger partial charge >= 0.3 is 0 Å². The van der Waals surface area contributed by atoms with Gasteiger partial charge in [-0.2, -0.15) is 8.78 Å². The molecule has 1 N–H and O–H groups in total. The van der Waals surface area contributed by atoms with Crippen LogP contribution >= 0.6 is 11.8 Å². The van der Waals surface area contributed by atoms with E-state index >= 15 is 0 Å². The van der Waals surface area contributed by atoms with E-state index in [2.05, 4.69) is 15.3 Å². The first-order valence-electron chi connectivity index (χ1n) is 8.39. The molecule has 0 aliphatic heterocycles. The van der Waals surface area contributed by atoms with Crippen LogP contribution in [0.3, 0.4) is 0 Å². The molecule has 0 saturated heterocycles. The van der Waals surface area contributed by atoms with E-state index in [-0.39, 0.29) is 23.6 Å². The largest absolute Gasteiger partial charge is 0.473 e. The highest BCUT2D eigenvalue weighted by Crippen LogP contribution is 2.29. The van der Waals surface area contributed by atoms with Crippen LogP contribution in [-0.4, -0.2) is 33.8 Å². The van der Waals surface area contributed by atoms with Gasteiger partial charge in [-0.3, -0.25) is 9.78 Å². The fourth-order valence-electron chi connectivity index (χ4n) is 2.96. The molecule has 0 radical (unpaired) electrons. The van der Waals surface area contributed by atoms with Gasteiger partial charge in [-0.1, -0.05) is 23.9 Å². The zero-order valence-electron chi connectivity index (χ0n) is 14.0. The fraction of sp³-hybridized carbons (Fsp3) is 0.389. The van der Waals surface area contributed by atoms with E-state index in [0.717, 1.165) is 25.7 Å². The minimum atomic E-state index is -2.56. The average molecular weight is 379 g/mol. The van der Waals surface area contributed by atoms with E-state index < -0.39 is 5.76 Å². The van der Waals surface area contributed by atoms with Gasteiger partial charge in [-0.15, -0.1) is 0 Å². The topological polar surface area (TPSA) is 64.1 Å². The van der Waals surface area contributed by atoms with Crippen molar-refractivity contribution in [2.75, 3.05) is 0 Å². The van der Waals surface area contributed by atoms with Crippen molar-refractivity contribution in [2.45, 2.75) is 48.5 Å². The summed E-state index contributed by atoms with van der Waals surface area (Å²) in [5.41, 5.74) is 0.288. The number of amides is 1.